The molecule has 0 aliphatic carbocycles. The molecule has 1 aromatic carbocycles. The van der Waals surface area contributed by atoms with Crippen molar-refractivity contribution in [1.82, 2.24) is 5.32 Å². The van der Waals surface area contributed by atoms with Crippen molar-refractivity contribution in [3.05, 3.63) is 57.8 Å². The minimum atomic E-state index is -0.926. The lowest BCUT2D eigenvalue weighted by Crippen LogP contribution is -2.25. The highest BCUT2D eigenvalue weighted by Gasteiger charge is 2.23. The summed E-state index contributed by atoms with van der Waals surface area (Å²) in [7, 11) is 0. The van der Waals surface area contributed by atoms with E-state index in [1.807, 2.05) is 0 Å². The van der Waals surface area contributed by atoms with Gasteiger partial charge < -0.3 is 15.5 Å². The molecule has 0 saturated heterocycles. The highest BCUT2D eigenvalue weighted by Crippen LogP contribution is 2.27. The Morgan fingerprint density at radius 3 is 2.80 bits per heavy atom. The van der Waals surface area contributed by atoms with Crippen molar-refractivity contribution in [2.24, 2.45) is 0 Å². The second kappa shape index (κ2) is 5.39. The molecule has 0 aliphatic rings. The van der Waals surface area contributed by atoms with Crippen LogP contribution in [0.3, 0.4) is 0 Å². The van der Waals surface area contributed by atoms with Crippen LogP contribution in [0.25, 0.3) is 0 Å². The number of hydrogen-bond donors (Lipinski definition) is 2. The monoisotopic (exact) mass is 279 g/mol. The number of nitrogens with one attached hydrogen (secondary N) is 1. The quantitative estimate of drug-likeness (QED) is 0.504. The Hall–Kier alpha value is -2.90. The number of furan rings is 1. The molecule has 0 bridgehead atoms. The van der Waals surface area contributed by atoms with Crippen LogP contribution in [-0.4, -0.2) is 10.8 Å². The second-order valence-electron chi connectivity index (χ2n) is 3.87. The zero-order valence-corrected chi connectivity index (χ0v) is 10.1. The fraction of sp³-hybridized carbons (Fsp3) is 0.0833. The largest absolute Gasteiger partial charge is 0.467 e. The SMILES string of the molecule is Nc1c([N+](=O)[O-])ccc(F)c1C(=O)NCc1ccco1. The Balaban J connectivity index is 2.25. The molecule has 0 fully saturated rings. The first-order valence-corrected chi connectivity index (χ1v) is 5.53. The normalized spacial score (nSPS) is 10.2. The van der Waals surface area contributed by atoms with E-state index in [-0.39, 0.29) is 6.54 Å². The number of rotatable bonds is 4. The molecule has 7 nitrogen and oxygen atoms in total. The van der Waals surface area contributed by atoms with E-state index >= 15 is 0 Å². The van der Waals surface area contributed by atoms with Gasteiger partial charge >= 0.3 is 0 Å². The van der Waals surface area contributed by atoms with E-state index in [4.69, 9.17) is 10.2 Å². The van der Waals surface area contributed by atoms with Gasteiger partial charge in [-0.1, -0.05) is 0 Å². The summed E-state index contributed by atoms with van der Waals surface area (Å²) in [4.78, 5) is 21.8. The zero-order valence-electron chi connectivity index (χ0n) is 10.1. The van der Waals surface area contributed by atoms with Crippen LogP contribution in [0.5, 0.6) is 0 Å². The van der Waals surface area contributed by atoms with Gasteiger partial charge in [-0.2, -0.15) is 0 Å². The third-order valence-electron chi connectivity index (χ3n) is 2.60. The second-order valence-corrected chi connectivity index (χ2v) is 3.87. The van der Waals surface area contributed by atoms with E-state index in [1.54, 1.807) is 12.1 Å². The molecule has 3 N–H and O–H groups in total. The molecular formula is C12H10FN3O4. The molecule has 1 aromatic heterocycles. The predicted molar refractivity (Wildman–Crippen MR) is 67.3 cm³/mol. The Morgan fingerprint density at radius 2 is 2.20 bits per heavy atom. The molecule has 2 rings (SSSR count). The van der Waals surface area contributed by atoms with Crippen molar-refractivity contribution in [2.45, 2.75) is 6.54 Å². The van der Waals surface area contributed by atoms with Gasteiger partial charge in [0.15, 0.2) is 0 Å². The smallest absolute Gasteiger partial charge is 0.293 e. The first-order valence-electron chi connectivity index (χ1n) is 5.53. The van der Waals surface area contributed by atoms with Crippen molar-refractivity contribution in [1.29, 1.82) is 0 Å². The van der Waals surface area contributed by atoms with Crippen molar-refractivity contribution in [3.63, 3.8) is 0 Å². The van der Waals surface area contributed by atoms with Gasteiger partial charge in [-0.3, -0.25) is 14.9 Å². The topological polar surface area (TPSA) is 111 Å². The van der Waals surface area contributed by atoms with Gasteiger partial charge in [0.1, 0.15) is 22.8 Å². The Bertz CT molecular complexity index is 655. The summed E-state index contributed by atoms with van der Waals surface area (Å²) in [6.45, 7) is 0.0212. The van der Waals surface area contributed by atoms with Crippen LogP contribution in [0.15, 0.2) is 34.9 Å². The lowest BCUT2D eigenvalue weighted by Gasteiger charge is -2.07. The maximum Gasteiger partial charge on any atom is 0.293 e. The fourth-order valence-corrected chi connectivity index (χ4v) is 1.64. The number of hydrogen-bond acceptors (Lipinski definition) is 5. The average molecular weight is 279 g/mol. The molecule has 0 unspecified atom stereocenters. The first-order chi connectivity index (χ1) is 9.50. The van der Waals surface area contributed by atoms with Gasteiger partial charge in [0.25, 0.3) is 11.6 Å². The van der Waals surface area contributed by atoms with Crippen LogP contribution in [0.2, 0.25) is 0 Å². The van der Waals surface area contributed by atoms with Crippen LogP contribution in [0, 0.1) is 15.9 Å². The van der Waals surface area contributed by atoms with Crippen LogP contribution >= 0.6 is 0 Å². The summed E-state index contributed by atoms with van der Waals surface area (Å²) in [5.74, 6) is -1.31. The third kappa shape index (κ3) is 2.58. The average Bonchev–Trinajstić information content (AvgIpc) is 2.89. The molecule has 0 spiro atoms. The Labute approximate surface area is 112 Å². The van der Waals surface area contributed by atoms with E-state index in [1.165, 1.54) is 6.26 Å². The molecule has 8 heteroatoms. The number of amides is 1. The third-order valence-corrected chi connectivity index (χ3v) is 2.60. The Kier molecular flexibility index (Phi) is 3.65. The highest BCUT2D eigenvalue weighted by atomic mass is 19.1. The number of carbonyl (C=O) groups excluding carboxylic acids is 1. The Morgan fingerprint density at radius 1 is 1.45 bits per heavy atom. The van der Waals surface area contributed by atoms with E-state index in [0.717, 1.165) is 12.1 Å². The van der Waals surface area contributed by atoms with Gasteiger partial charge in [-0.25, -0.2) is 4.39 Å². The molecule has 104 valence electrons. The molecule has 1 heterocycles. The number of nitrogens with zero attached hydrogens (tertiary/aromatic N) is 1. The molecule has 0 atom stereocenters. The summed E-state index contributed by atoms with van der Waals surface area (Å²) in [5, 5.41) is 13.1. The summed E-state index contributed by atoms with van der Waals surface area (Å²) < 4.78 is 18.6. The van der Waals surface area contributed by atoms with Crippen LogP contribution in [-0.2, 0) is 6.54 Å². The number of nitrogens with two attached hydrogens (primary N) is 1. The molecule has 0 radical (unpaired) electrons. The van der Waals surface area contributed by atoms with E-state index < -0.39 is 33.6 Å². The van der Waals surface area contributed by atoms with Gasteiger partial charge in [-0.15, -0.1) is 0 Å². The summed E-state index contributed by atoms with van der Waals surface area (Å²) >= 11 is 0. The summed E-state index contributed by atoms with van der Waals surface area (Å²) in [5.41, 5.74) is 3.89. The maximum absolute atomic E-state index is 13.6. The van der Waals surface area contributed by atoms with E-state index in [9.17, 15) is 19.3 Å². The van der Waals surface area contributed by atoms with Crippen molar-refractivity contribution >= 4 is 17.3 Å². The number of nitro groups is 1. The number of halogens is 1. The number of nitro benzene ring substituents is 1. The number of carbonyl (C=O) groups is 1. The van der Waals surface area contributed by atoms with Gasteiger partial charge in [-0.05, 0) is 18.2 Å². The number of benzene rings is 1. The maximum atomic E-state index is 13.6. The standard InChI is InChI=1S/C12H10FN3O4/c13-8-3-4-9(16(18)19)11(14)10(8)12(17)15-6-7-2-1-5-20-7/h1-5H,6,14H2,(H,15,17). The van der Waals surface area contributed by atoms with Crippen molar-refractivity contribution in [3.8, 4) is 0 Å². The molecule has 0 saturated carbocycles. The number of anilines is 1. The molecule has 2 aromatic rings. The van der Waals surface area contributed by atoms with Gasteiger partial charge in [0.05, 0.1) is 17.7 Å². The molecule has 0 aliphatic heterocycles. The van der Waals surface area contributed by atoms with Gasteiger partial charge in [0, 0.05) is 6.07 Å². The van der Waals surface area contributed by atoms with Crippen LogP contribution < -0.4 is 11.1 Å². The number of nitrogen functional groups attached to an aromatic ring is 1. The van der Waals surface area contributed by atoms with Crippen LogP contribution in [0.1, 0.15) is 16.1 Å². The molecule has 1 amide bonds. The van der Waals surface area contributed by atoms with Crippen LogP contribution in [0.4, 0.5) is 15.8 Å². The van der Waals surface area contributed by atoms with E-state index in [2.05, 4.69) is 5.32 Å². The minimum absolute atomic E-state index is 0.0212. The molecule has 20 heavy (non-hydrogen) atoms. The lowest BCUT2D eigenvalue weighted by atomic mass is 10.1. The molecular weight excluding hydrogens is 269 g/mol. The fourth-order valence-electron chi connectivity index (χ4n) is 1.64. The first kappa shape index (κ1) is 13.5. The highest BCUT2D eigenvalue weighted by molar-refractivity contribution is 6.01. The van der Waals surface area contributed by atoms with Crippen molar-refractivity contribution < 1.29 is 18.5 Å². The summed E-state index contributed by atoms with van der Waals surface area (Å²) in [6.07, 6.45) is 1.42. The zero-order chi connectivity index (χ0) is 14.7. The van der Waals surface area contributed by atoms with Crippen molar-refractivity contribution in [2.75, 3.05) is 5.73 Å². The minimum Gasteiger partial charge on any atom is -0.467 e. The van der Waals surface area contributed by atoms with E-state index in [0.29, 0.717) is 5.76 Å². The van der Waals surface area contributed by atoms with Gasteiger partial charge in [0.2, 0.25) is 0 Å². The lowest BCUT2D eigenvalue weighted by molar-refractivity contribution is -0.384. The predicted octanol–water partition coefficient (Wildman–Crippen LogP) is 1.84. The summed E-state index contributed by atoms with van der Waals surface area (Å²) in [6, 6.07) is 4.99.